The first kappa shape index (κ1) is 14.7. The fourth-order valence-electron chi connectivity index (χ4n) is 2.84. The van der Waals surface area contributed by atoms with Crippen molar-refractivity contribution in [2.24, 2.45) is 5.92 Å². The summed E-state index contributed by atoms with van der Waals surface area (Å²) in [6, 6.07) is 0. The minimum Gasteiger partial charge on any atom is -0.392 e. The van der Waals surface area contributed by atoms with Crippen LogP contribution in [0.25, 0.3) is 10.2 Å². The molecule has 3 rings (SSSR count). The summed E-state index contributed by atoms with van der Waals surface area (Å²) < 4.78 is 0. The van der Waals surface area contributed by atoms with Gasteiger partial charge in [-0.1, -0.05) is 6.92 Å². The van der Waals surface area contributed by atoms with E-state index in [4.69, 9.17) is 0 Å². The summed E-state index contributed by atoms with van der Waals surface area (Å²) in [5.74, 6) is 1.04. The predicted octanol–water partition coefficient (Wildman–Crippen LogP) is 1.80. The third kappa shape index (κ3) is 2.75. The molecule has 2 unspecified atom stereocenters. The number of aliphatic hydroxyl groups is 1. The van der Waals surface area contributed by atoms with E-state index in [9.17, 15) is 9.90 Å². The van der Waals surface area contributed by atoms with Crippen molar-refractivity contribution < 1.29 is 5.11 Å². The SMILES string of the molecule is Cc1sc2nc(CN3CCC(C)C(O)C3)[nH]c(=O)c2c1C. The van der Waals surface area contributed by atoms with Gasteiger partial charge >= 0.3 is 0 Å². The van der Waals surface area contributed by atoms with Crippen LogP contribution in [0.15, 0.2) is 4.79 Å². The maximum absolute atomic E-state index is 12.2. The van der Waals surface area contributed by atoms with E-state index in [0.29, 0.717) is 30.2 Å². The Balaban J connectivity index is 1.87. The fraction of sp³-hybridized carbons (Fsp3) is 0.600. The lowest BCUT2D eigenvalue weighted by atomic mass is 9.96. The molecule has 21 heavy (non-hydrogen) atoms. The molecule has 3 heterocycles. The van der Waals surface area contributed by atoms with Crippen LogP contribution in [-0.2, 0) is 6.54 Å². The lowest BCUT2D eigenvalue weighted by Gasteiger charge is -2.33. The Hall–Kier alpha value is -1.24. The molecule has 0 amide bonds. The number of thiophene rings is 1. The second kappa shape index (κ2) is 5.51. The number of aromatic amines is 1. The van der Waals surface area contributed by atoms with Crippen LogP contribution in [0, 0.1) is 19.8 Å². The number of hydrogen-bond donors (Lipinski definition) is 2. The molecule has 6 heteroatoms. The van der Waals surface area contributed by atoms with Gasteiger partial charge in [0.15, 0.2) is 0 Å². The van der Waals surface area contributed by atoms with E-state index in [2.05, 4.69) is 21.8 Å². The summed E-state index contributed by atoms with van der Waals surface area (Å²) in [5.41, 5.74) is 0.972. The molecule has 2 N–H and O–H groups in total. The summed E-state index contributed by atoms with van der Waals surface area (Å²) in [4.78, 5) is 23.8. The van der Waals surface area contributed by atoms with Crippen LogP contribution in [0.1, 0.15) is 29.6 Å². The number of nitrogens with one attached hydrogen (secondary N) is 1. The van der Waals surface area contributed by atoms with Crippen molar-refractivity contribution in [2.45, 2.75) is 39.8 Å². The summed E-state index contributed by atoms with van der Waals surface area (Å²) in [5, 5.41) is 10.7. The van der Waals surface area contributed by atoms with Crippen molar-refractivity contribution in [2.75, 3.05) is 13.1 Å². The lowest BCUT2D eigenvalue weighted by molar-refractivity contribution is 0.0249. The number of piperidine rings is 1. The smallest absolute Gasteiger partial charge is 0.259 e. The van der Waals surface area contributed by atoms with E-state index in [1.807, 2.05) is 13.8 Å². The fourth-order valence-corrected chi connectivity index (χ4v) is 3.89. The number of H-pyrrole nitrogens is 1. The number of hydrogen-bond acceptors (Lipinski definition) is 5. The summed E-state index contributed by atoms with van der Waals surface area (Å²) in [7, 11) is 0. The molecule has 1 fully saturated rings. The highest BCUT2D eigenvalue weighted by Crippen LogP contribution is 2.26. The number of rotatable bonds is 2. The molecule has 114 valence electrons. The molecule has 2 aromatic rings. The Morgan fingerprint density at radius 1 is 1.48 bits per heavy atom. The van der Waals surface area contributed by atoms with Gasteiger partial charge in [0, 0.05) is 11.4 Å². The van der Waals surface area contributed by atoms with E-state index in [0.717, 1.165) is 28.2 Å². The molecule has 2 aromatic heterocycles. The summed E-state index contributed by atoms with van der Waals surface area (Å²) >= 11 is 1.57. The highest BCUT2D eigenvalue weighted by molar-refractivity contribution is 7.18. The average molecular weight is 307 g/mol. The highest BCUT2D eigenvalue weighted by atomic mass is 32.1. The largest absolute Gasteiger partial charge is 0.392 e. The Bertz CT molecular complexity index is 722. The number of likely N-dealkylation sites (tertiary alicyclic amines) is 1. The van der Waals surface area contributed by atoms with Gasteiger partial charge in [0.1, 0.15) is 10.7 Å². The zero-order valence-corrected chi connectivity index (χ0v) is 13.5. The number of fused-ring (bicyclic) bond motifs is 1. The van der Waals surface area contributed by atoms with Crippen molar-refractivity contribution in [3.8, 4) is 0 Å². The van der Waals surface area contributed by atoms with Crippen LogP contribution in [0.2, 0.25) is 0 Å². The maximum atomic E-state index is 12.2. The molecule has 2 atom stereocenters. The van der Waals surface area contributed by atoms with Gasteiger partial charge in [-0.25, -0.2) is 4.98 Å². The number of nitrogens with zero attached hydrogens (tertiary/aromatic N) is 2. The first-order valence-corrected chi connectivity index (χ1v) is 8.16. The van der Waals surface area contributed by atoms with Crippen molar-refractivity contribution >= 4 is 21.6 Å². The van der Waals surface area contributed by atoms with E-state index >= 15 is 0 Å². The van der Waals surface area contributed by atoms with Crippen LogP contribution in [0.4, 0.5) is 0 Å². The van der Waals surface area contributed by atoms with Gasteiger partial charge in [-0.15, -0.1) is 11.3 Å². The van der Waals surface area contributed by atoms with Gasteiger partial charge in [0.2, 0.25) is 0 Å². The van der Waals surface area contributed by atoms with Gasteiger partial charge in [-0.05, 0) is 38.3 Å². The average Bonchev–Trinajstić information content (AvgIpc) is 2.70. The van der Waals surface area contributed by atoms with Gasteiger partial charge < -0.3 is 10.1 Å². The molecule has 0 spiro atoms. The number of aromatic nitrogens is 2. The molecule has 0 aliphatic carbocycles. The minimum absolute atomic E-state index is 0.0530. The van der Waals surface area contributed by atoms with E-state index in [1.54, 1.807) is 11.3 Å². The topological polar surface area (TPSA) is 69.2 Å². The normalized spacial score (nSPS) is 23.8. The molecule has 0 radical (unpaired) electrons. The summed E-state index contributed by atoms with van der Waals surface area (Å²) in [6.07, 6.45) is 0.686. The third-order valence-corrected chi connectivity index (χ3v) is 5.57. The molecule has 0 aromatic carbocycles. The quantitative estimate of drug-likeness (QED) is 0.888. The van der Waals surface area contributed by atoms with Crippen LogP contribution in [0.3, 0.4) is 0 Å². The number of aliphatic hydroxyl groups excluding tert-OH is 1. The molecule has 1 saturated heterocycles. The first-order valence-electron chi connectivity index (χ1n) is 7.35. The van der Waals surface area contributed by atoms with Crippen molar-refractivity contribution in [1.29, 1.82) is 0 Å². The van der Waals surface area contributed by atoms with E-state index in [1.165, 1.54) is 0 Å². The van der Waals surface area contributed by atoms with E-state index < -0.39 is 0 Å². The van der Waals surface area contributed by atoms with Gasteiger partial charge in [-0.3, -0.25) is 9.69 Å². The second-order valence-corrected chi connectivity index (χ2v) is 7.25. The molecular weight excluding hydrogens is 286 g/mol. The van der Waals surface area contributed by atoms with Gasteiger partial charge in [-0.2, -0.15) is 0 Å². The second-order valence-electron chi connectivity index (χ2n) is 6.04. The van der Waals surface area contributed by atoms with E-state index in [-0.39, 0.29) is 11.7 Å². The molecule has 0 saturated carbocycles. The van der Waals surface area contributed by atoms with Gasteiger partial charge in [0.05, 0.1) is 18.0 Å². The van der Waals surface area contributed by atoms with Crippen LogP contribution >= 0.6 is 11.3 Å². The first-order chi connectivity index (χ1) is 9.95. The Morgan fingerprint density at radius 3 is 2.95 bits per heavy atom. The summed E-state index contributed by atoms with van der Waals surface area (Å²) in [6.45, 7) is 8.22. The molecule has 1 aliphatic rings. The van der Waals surface area contributed by atoms with Crippen LogP contribution < -0.4 is 5.56 Å². The molecule has 5 nitrogen and oxygen atoms in total. The number of β-amino-alcohol motifs (C(OH)–C–C–N with tert-alkyl or cyclic N) is 1. The van der Waals surface area contributed by atoms with Crippen molar-refractivity contribution in [1.82, 2.24) is 14.9 Å². The zero-order chi connectivity index (χ0) is 15.1. The van der Waals surface area contributed by atoms with Crippen LogP contribution in [0.5, 0.6) is 0 Å². The van der Waals surface area contributed by atoms with Crippen molar-refractivity contribution in [3.05, 3.63) is 26.6 Å². The van der Waals surface area contributed by atoms with Crippen molar-refractivity contribution in [3.63, 3.8) is 0 Å². The lowest BCUT2D eigenvalue weighted by Crippen LogP contribution is -2.42. The van der Waals surface area contributed by atoms with Crippen LogP contribution in [-0.4, -0.2) is 39.2 Å². The van der Waals surface area contributed by atoms with Gasteiger partial charge in [0.25, 0.3) is 5.56 Å². The zero-order valence-electron chi connectivity index (χ0n) is 12.6. The molecule has 0 bridgehead atoms. The maximum Gasteiger partial charge on any atom is 0.259 e. The molecular formula is C15H21N3O2S. The Labute approximate surface area is 127 Å². The highest BCUT2D eigenvalue weighted by Gasteiger charge is 2.24. The monoisotopic (exact) mass is 307 g/mol. The predicted molar refractivity (Wildman–Crippen MR) is 84.8 cm³/mol. The number of aryl methyl sites for hydroxylation is 2. The molecule has 1 aliphatic heterocycles. The Morgan fingerprint density at radius 2 is 2.24 bits per heavy atom. The Kier molecular flexibility index (Phi) is 3.86. The third-order valence-electron chi connectivity index (χ3n) is 4.46. The minimum atomic E-state index is -0.291. The standard InChI is InChI=1S/C15H21N3O2S/c1-8-4-5-18(6-11(8)19)7-12-16-14(20)13-9(2)10(3)21-15(13)17-12/h8,11,19H,4-7H2,1-3H3,(H,16,17,20).